The fourth-order valence-corrected chi connectivity index (χ4v) is 5.00. The third kappa shape index (κ3) is 5.07. The molecule has 0 heterocycles. The van der Waals surface area contributed by atoms with Crippen molar-refractivity contribution in [1.82, 2.24) is 10.6 Å². The first-order chi connectivity index (χ1) is 16.5. The lowest BCUT2D eigenvalue weighted by atomic mass is 9.98. The minimum Gasteiger partial charge on any atom is -0.481 e. The summed E-state index contributed by atoms with van der Waals surface area (Å²) in [6, 6.07) is 14.8. The van der Waals surface area contributed by atoms with Crippen molar-refractivity contribution in [3.05, 3.63) is 59.7 Å². The van der Waals surface area contributed by atoms with Gasteiger partial charge in [-0.25, -0.2) is 4.79 Å². The number of nitrogens with one attached hydrogen (secondary N) is 2. The van der Waals surface area contributed by atoms with E-state index in [0.717, 1.165) is 28.7 Å². The number of rotatable bonds is 9. The molecule has 1 fully saturated rings. The Balaban J connectivity index is 1.39. The van der Waals surface area contributed by atoms with Crippen molar-refractivity contribution in [2.24, 2.45) is 5.92 Å². The summed E-state index contributed by atoms with van der Waals surface area (Å²) in [5.74, 6) is -2.04. The van der Waals surface area contributed by atoms with Crippen LogP contribution in [0.5, 0.6) is 0 Å². The molecule has 0 saturated heterocycles. The minimum absolute atomic E-state index is 0.0841. The van der Waals surface area contributed by atoms with Crippen LogP contribution in [0.3, 0.4) is 0 Å². The molecule has 4 rings (SSSR count). The van der Waals surface area contributed by atoms with Gasteiger partial charge in [-0.3, -0.25) is 9.59 Å². The summed E-state index contributed by atoms with van der Waals surface area (Å²) in [7, 11) is 1.51. The number of carboxylic acids is 1. The molecule has 1 saturated carbocycles. The summed E-state index contributed by atoms with van der Waals surface area (Å²) in [4.78, 5) is 37.0. The van der Waals surface area contributed by atoms with Crippen molar-refractivity contribution < 1.29 is 29.0 Å². The van der Waals surface area contributed by atoms with E-state index < -0.39 is 36.0 Å². The van der Waals surface area contributed by atoms with E-state index in [-0.39, 0.29) is 25.6 Å². The predicted octanol–water partition coefficient (Wildman–Crippen LogP) is 3.30. The highest BCUT2D eigenvalue weighted by Gasteiger charge is 2.36. The zero-order chi connectivity index (χ0) is 24.1. The Bertz CT molecular complexity index is 1010. The van der Waals surface area contributed by atoms with Crippen LogP contribution in [0.25, 0.3) is 11.1 Å². The van der Waals surface area contributed by atoms with E-state index >= 15 is 0 Å². The Labute approximate surface area is 198 Å². The zero-order valence-corrected chi connectivity index (χ0v) is 19.2. The number of benzene rings is 2. The molecule has 0 aliphatic heterocycles. The van der Waals surface area contributed by atoms with Crippen molar-refractivity contribution in [1.29, 1.82) is 0 Å². The van der Waals surface area contributed by atoms with E-state index in [0.29, 0.717) is 12.8 Å². The van der Waals surface area contributed by atoms with E-state index in [1.54, 1.807) is 0 Å². The number of carboxylic acid groups (broad SMARTS) is 1. The molecular weight excluding hydrogens is 436 g/mol. The molecule has 0 radical (unpaired) electrons. The summed E-state index contributed by atoms with van der Waals surface area (Å²) in [5.41, 5.74) is 4.47. The molecule has 2 aromatic carbocycles. The fourth-order valence-electron chi connectivity index (χ4n) is 5.00. The molecule has 34 heavy (non-hydrogen) atoms. The zero-order valence-electron chi connectivity index (χ0n) is 19.2. The minimum atomic E-state index is -0.916. The quantitative estimate of drug-likeness (QED) is 0.523. The van der Waals surface area contributed by atoms with Crippen LogP contribution in [0.4, 0.5) is 4.79 Å². The number of carbonyl (C=O) groups excluding carboxylic acids is 2. The molecule has 2 aliphatic rings. The average molecular weight is 467 g/mol. The van der Waals surface area contributed by atoms with Gasteiger partial charge < -0.3 is 25.2 Å². The van der Waals surface area contributed by atoms with E-state index in [1.807, 2.05) is 36.4 Å². The number of methoxy groups -OCH3 is 1. The molecule has 2 amide bonds. The van der Waals surface area contributed by atoms with Crippen LogP contribution in [0.1, 0.15) is 42.7 Å². The standard InChI is InChI=1S/C26H30N2O6/c1-33-14-13-23(24(29)27-22-12-6-11-20(22)25(30)31)28-26(32)34-15-21-18-9-4-2-7-16(18)17-8-3-5-10-19(17)21/h2-5,7-10,20-23H,6,11-15H2,1H3,(H,27,29)(H,28,32)(H,30,31). The third-order valence-electron chi connectivity index (χ3n) is 6.72. The van der Waals surface area contributed by atoms with Gasteiger partial charge in [0, 0.05) is 32.1 Å². The lowest BCUT2D eigenvalue weighted by molar-refractivity contribution is -0.142. The first kappa shape index (κ1) is 23.8. The molecule has 0 bridgehead atoms. The van der Waals surface area contributed by atoms with Gasteiger partial charge in [-0.15, -0.1) is 0 Å². The summed E-state index contributed by atoms with van der Waals surface area (Å²) >= 11 is 0. The number of fused-ring (bicyclic) bond motifs is 3. The first-order valence-electron chi connectivity index (χ1n) is 11.6. The Kier molecular flexibility index (Phi) is 7.47. The third-order valence-corrected chi connectivity index (χ3v) is 6.72. The second-order valence-electron chi connectivity index (χ2n) is 8.79. The molecule has 0 aromatic heterocycles. The first-order valence-corrected chi connectivity index (χ1v) is 11.6. The van der Waals surface area contributed by atoms with Gasteiger partial charge in [0.15, 0.2) is 0 Å². The smallest absolute Gasteiger partial charge is 0.407 e. The van der Waals surface area contributed by atoms with Crippen LogP contribution < -0.4 is 10.6 Å². The SMILES string of the molecule is COCCC(NC(=O)OCC1c2ccccc2-c2ccccc21)C(=O)NC1CCCC1C(=O)O. The highest BCUT2D eigenvalue weighted by Crippen LogP contribution is 2.44. The van der Waals surface area contributed by atoms with Gasteiger partial charge in [0.05, 0.1) is 5.92 Å². The van der Waals surface area contributed by atoms with Crippen LogP contribution in [0, 0.1) is 5.92 Å². The molecule has 0 spiro atoms. The normalized spacial score (nSPS) is 19.7. The predicted molar refractivity (Wildman–Crippen MR) is 125 cm³/mol. The number of aliphatic carboxylic acids is 1. The average Bonchev–Trinajstić information content (AvgIpc) is 3.43. The summed E-state index contributed by atoms with van der Waals surface area (Å²) in [5, 5.41) is 14.8. The highest BCUT2D eigenvalue weighted by atomic mass is 16.5. The number of hydrogen-bond donors (Lipinski definition) is 3. The molecule has 2 aromatic rings. The molecule has 3 N–H and O–H groups in total. The molecule has 3 unspecified atom stereocenters. The maximum atomic E-state index is 12.9. The fraction of sp³-hybridized carbons (Fsp3) is 0.423. The van der Waals surface area contributed by atoms with Gasteiger partial charge in [-0.1, -0.05) is 55.0 Å². The van der Waals surface area contributed by atoms with Gasteiger partial charge >= 0.3 is 12.1 Å². The molecule has 8 heteroatoms. The van der Waals surface area contributed by atoms with Crippen LogP contribution in [-0.4, -0.2) is 55.5 Å². The van der Waals surface area contributed by atoms with Gasteiger partial charge in [0.2, 0.25) is 5.91 Å². The van der Waals surface area contributed by atoms with E-state index in [9.17, 15) is 19.5 Å². The maximum Gasteiger partial charge on any atom is 0.407 e. The van der Waals surface area contributed by atoms with Crippen LogP contribution in [0.2, 0.25) is 0 Å². The number of hydrogen-bond acceptors (Lipinski definition) is 5. The van der Waals surface area contributed by atoms with Gasteiger partial charge in [0.25, 0.3) is 0 Å². The Morgan fingerprint density at radius 1 is 1.03 bits per heavy atom. The Morgan fingerprint density at radius 3 is 2.29 bits per heavy atom. The van der Waals surface area contributed by atoms with Crippen molar-refractivity contribution in [3.63, 3.8) is 0 Å². The summed E-state index contributed by atoms with van der Waals surface area (Å²) < 4.78 is 10.7. The number of carbonyl (C=O) groups is 3. The molecule has 180 valence electrons. The van der Waals surface area contributed by atoms with E-state index in [1.165, 1.54) is 7.11 Å². The van der Waals surface area contributed by atoms with Crippen LogP contribution in [-0.2, 0) is 19.1 Å². The Hall–Kier alpha value is -3.39. The molecule has 8 nitrogen and oxygen atoms in total. The maximum absolute atomic E-state index is 12.9. The topological polar surface area (TPSA) is 114 Å². The van der Waals surface area contributed by atoms with Gasteiger partial charge in [-0.05, 0) is 35.1 Å². The van der Waals surface area contributed by atoms with Crippen molar-refractivity contribution in [2.75, 3.05) is 20.3 Å². The lowest BCUT2D eigenvalue weighted by Crippen LogP contribution is -2.51. The molecule has 3 atom stereocenters. The number of ether oxygens (including phenoxy) is 2. The summed E-state index contributed by atoms with van der Waals surface area (Å²) in [6.07, 6.45) is 1.42. The van der Waals surface area contributed by atoms with E-state index in [2.05, 4.69) is 22.8 Å². The van der Waals surface area contributed by atoms with Gasteiger partial charge in [0.1, 0.15) is 12.6 Å². The lowest BCUT2D eigenvalue weighted by Gasteiger charge is -2.23. The van der Waals surface area contributed by atoms with Crippen molar-refractivity contribution >= 4 is 18.0 Å². The molecular formula is C26H30N2O6. The van der Waals surface area contributed by atoms with Gasteiger partial charge in [-0.2, -0.15) is 0 Å². The monoisotopic (exact) mass is 466 g/mol. The number of amides is 2. The van der Waals surface area contributed by atoms with Crippen molar-refractivity contribution in [2.45, 2.75) is 43.7 Å². The molecule has 2 aliphatic carbocycles. The largest absolute Gasteiger partial charge is 0.481 e. The second kappa shape index (κ2) is 10.7. The van der Waals surface area contributed by atoms with Crippen molar-refractivity contribution in [3.8, 4) is 11.1 Å². The summed E-state index contributed by atoms with van der Waals surface area (Å²) in [6.45, 7) is 0.400. The van der Waals surface area contributed by atoms with E-state index in [4.69, 9.17) is 9.47 Å². The van der Waals surface area contributed by atoms with Crippen LogP contribution in [0.15, 0.2) is 48.5 Å². The number of alkyl carbamates (subject to hydrolysis) is 1. The van der Waals surface area contributed by atoms with Crippen LogP contribution >= 0.6 is 0 Å². The highest BCUT2D eigenvalue weighted by molar-refractivity contribution is 5.86. The Morgan fingerprint density at radius 2 is 1.68 bits per heavy atom. The second-order valence-corrected chi connectivity index (χ2v) is 8.79.